The number of nitrogens with two attached hydrogens (primary N) is 1. The van der Waals surface area contributed by atoms with E-state index in [4.69, 9.17) is 5.73 Å². The molecular formula is C10H18N2O. The molecule has 2 fully saturated rings. The summed E-state index contributed by atoms with van der Waals surface area (Å²) in [5, 5.41) is 0. The van der Waals surface area contributed by atoms with Gasteiger partial charge in [0.2, 0.25) is 5.91 Å². The van der Waals surface area contributed by atoms with Crippen LogP contribution in [0.1, 0.15) is 38.5 Å². The summed E-state index contributed by atoms with van der Waals surface area (Å²) in [6.07, 6.45) is 6.37. The third-order valence-electron chi connectivity index (χ3n) is 3.29. The first-order valence-electron chi connectivity index (χ1n) is 5.34. The van der Waals surface area contributed by atoms with Crippen molar-refractivity contribution in [2.75, 3.05) is 6.54 Å². The van der Waals surface area contributed by atoms with E-state index in [0.29, 0.717) is 11.9 Å². The van der Waals surface area contributed by atoms with Gasteiger partial charge in [-0.2, -0.15) is 0 Å². The van der Waals surface area contributed by atoms with Crippen LogP contribution in [0.4, 0.5) is 0 Å². The predicted molar refractivity (Wildman–Crippen MR) is 51.2 cm³/mol. The van der Waals surface area contributed by atoms with Gasteiger partial charge in [0.1, 0.15) is 0 Å². The van der Waals surface area contributed by atoms with Crippen molar-refractivity contribution in [3.05, 3.63) is 0 Å². The fourth-order valence-corrected chi connectivity index (χ4v) is 2.53. The van der Waals surface area contributed by atoms with E-state index >= 15 is 0 Å². The average molecular weight is 182 g/mol. The Morgan fingerprint density at radius 2 is 2.08 bits per heavy atom. The van der Waals surface area contributed by atoms with E-state index in [-0.39, 0.29) is 6.04 Å². The maximum absolute atomic E-state index is 11.6. The van der Waals surface area contributed by atoms with Gasteiger partial charge in [0, 0.05) is 25.0 Å². The summed E-state index contributed by atoms with van der Waals surface area (Å²) in [5.41, 5.74) is 5.98. The summed E-state index contributed by atoms with van der Waals surface area (Å²) in [6, 6.07) is 0.592. The van der Waals surface area contributed by atoms with Crippen molar-refractivity contribution in [3.63, 3.8) is 0 Å². The smallest absolute Gasteiger partial charge is 0.222 e. The quantitative estimate of drug-likeness (QED) is 0.654. The molecule has 0 aromatic heterocycles. The lowest BCUT2D eigenvalue weighted by atomic mass is 10.0. The molecule has 2 aliphatic rings. The second-order valence-corrected chi connectivity index (χ2v) is 4.21. The maximum atomic E-state index is 11.6. The molecule has 1 aliphatic carbocycles. The molecule has 3 heteroatoms. The lowest BCUT2D eigenvalue weighted by Gasteiger charge is -2.34. The second-order valence-electron chi connectivity index (χ2n) is 4.21. The number of piperidine rings is 1. The summed E-state index contributed by atoms with van der Waals surface area (Å²) < 4.78 is 0. The van der Waals surface area contributed by atoms with E-state index in [1.807, 2.05) is 4.90 Å². The Bertz CT molecular complexity index is 205. The predicted octanol–water partition coefficient (Wildman–Crippen LogP) is 0.879. The molecule has 1 aliphatic heterocycles. The van der Waals surface area contributed by atoms with Crippen LogP contribution in [0, 0.1) is 0 Å². The van der Waals surface area contributed by atoms with E-state index in [2.05, 4.69) is 0 Å². The highest BCUT2D eigenvalue weighted by atomic mass is 16.2. The molecule has 2 unspecified atom stereocenters. The van der Waals surface area contributed by atoms with Gasteiger partial charge in [0.05, 0.1) is 0 Å². The Kier molecular flexibility index (Phi) is 2.54. The highest BCUT2D eigenvalue weighted by Crippen LogP contribution is 2.25. The topological polar surface area (TPSA) is 46.3 Å². The SMILES string of the molecule is NC1CCCC1N1CCCCC1=O. The molecule has 1 saturated carbocycles. The summed E-state index contributed by atoms with van der Waals surface area (Å²) in [4.78, 5) is 13.6. The number of rotatable bonds is 1. The molecule has 1 heterocycles. The molecule has 3 nitrogen and oxygen atoms in total. The molecule has 0 aromatic rings. The lowest BCUT2D eigenvalue weighted by Crippen LogP contribution is -2.49. The second kappa shape index (κ2) is 3.66. The zero-order valence-corrected chi connectivity index (χ0v) is 8.04. The molecule has 74 valence electrons. The zero-order valence-electron chi connectivity index (χ0n) is 8.04. The van der Waals surface area contributed by atoms with E-state index in [1.54, 1.807) is 0 Å². The third-order valence-corrected chi connectivity index (χ3v) is 3.29. The van der Waals surface area contributed by atoms with Crippen molar-refractivity contribution < 1.29 is 4.79 Å². The first-order chi connectivity index (χ1) is 6.29. The molecule has 2 atom stereocenters. The Labute approximate surface area is 79.3 Å². The van der Waals surface area contributed by atoms with Crippen molar-refractivity contribution in [1.82, 2.24) is 4.90 Å². The summed E-state index contributed by atoms with van der Waals surface area (Å²) in [6.45, 7) is 0.942. The van der Waals surface area contributed by atoms with Crippen LogP contribution in [0.3, 0.4) is 0 Å². The fourth-order valence-electron chi connectivity index (χ4n) is 2.53. The number of hydrogen-bond acceptors (Lipinski definition) is 2. The molecular weight excluding hydrogens is 164 g/mol. The summed E-state index contributed by atoms with van der Waals surface area (Å²) in [5.74, 6) is 0.327. The average Bonchev–Trinajstić information content (AvgIpc) is 2.52. The minimum atomic E-state index is 0.238. The van der Waals surface area contributed by atoms with Crippen LogP contribution < -0.4 is 5.73 Å². The van der Waals surface area contributed by atoms with Crippen molar-refractivity contribution in [2.45, 2.75) is 50.6 Å². The van der Waals surface area contributed by atoms with Gasteiger partial charge in [0.15, 0.2) is 0 Å². The Morgan fingerprint density at radius 3 is 2.69 bits per heavy atom. The van der Waals surface area contributed by atoms with Gasteiger partial charge in [-0.15, -0.1) is 0 Å². The van der Waals surface area contributed by atoms with Gasteiger partial charge in [-0.3, -0.25) is 4.79 Å². The highest BCUT2D eigenvalue weighted by molar-refractivity contribution is 5.77. The van der Waals surface area contributed by atoms with Crippen LogP contribution in [0.5, 0.6) is 0 Å². The summed E-state index contributed by atoms with van der Waals surface area (Å²) in [7, 11) is 0. The van der Waals surface area contributed by atoms with Gasteiger partial charge < -0.3 is 10.6 Å². The molecule has 0 bridgehead atoms. The largest absolute Gasteiger partial charge is 0.338 e. The van der Waals surface area contributed by atoms with Crippen LogP contribution in [-0.4, -0.2) is 29.4 Å². The zero-order chi connectivity index (χ0) is 9.26. The molecule has 2 N–H and O–H groups in total. The number of carbonyl (C=O) groups excluding carboxylic acids is 1. The molecule has 13 heavy (non-hydrogen) atoms. The Hall–Kier alpha value is -0.570. The van der Waals surface area contributed by atoms with Crippen molar-refractivity contribution in [1.29, 1.82) is 0 Å². The van der Waals surface area contributed by atoms with Gasteiger partial charge in [-0.05, 0) is 32.1 Å². The number of amides is 1. The number of nitrogens with zero attached hydrogens (tertiary/aromatic N) is 1. The molecule has 2 rings (SSSR count). The van der Waals surface area contributed by atoms with Gasteiger partial charge >= 0.3 is 0 Å². The van der Waals surface area contributed by atoms with E-state index in [1.165, 1.54) is 6.42 Å². The van der Waals surface area contributed by atoms with E-state index in [0.717, 1.165) is 38.6 Å². The number of carbonyl (C=O) groups is 1. The summed E-state index contributed by atoms with van der Waals surface area (Å²) >= 11 is 0. The van der Waals surface area contributed by atoms with Crippen LogP contribution in [0.15, 0.2) is 0 Å². The number of likely N-dealkylation sites (tertiary alicyclic amines) is 1. The minimum Gasteiger partial charge on any atom is -0.338 e. The first-order valence-corrected chi connectivity index (χ1v) is 5.34. The fraction of sp³-hybridized carbons (Fsp3) is 0.900. The van der Waals surface area contributed by atoms with Gasteiger partial charge in [-0.25, -0.2) is 0 Å². The first kappa shape index (κ1) is 9.00. The monoisotopic (exact) mass is 182 g/mol. The normalized spacial score (nSPS) is 35.5. The van der Waals surface area contributed by atoms with Crippen LogP contribution in [-0.2, 0) is 4.79 Å². The lowest BCUT2D eigenvalue weighted by molar-refractivity contribution is -0.135. The minimum absolute atomic E-state index is 0.238. The van der Waals surface area contributed by atoms with E-state index < -0.39 is 0 Å². The van der Waals surface area contributed by atoms with Crippen LogP contribution >= 0.6 is 0 Å². The van der Waals surface area contributed by atoms with Crippen LogP contribution in [0.2, 0.25) is 0 Å². The third kappa shape index (κ3) is 1.70. The molecule has 0 radical (unpaired) electrons. The standard InChI is InChI=1S/C10H18N2O/c11-8-4-3-5-9(8)12-7-2-1-6-10(12)13/h8-9H,1-7,11H2. The van der Waals surface area contributed by atoms with Crippen molar-refractivity contribution >= 4 is 5.91 Å². The molecule has 0 spiro atoms. The van der Waals surface area contributed by atoms with E-state index in [9.17, 15) is 4.79 Å². The molecule has 1 amide bonds. The van der Waals surface area contributed by atoms with Crippen LogP contribution in [0.25, 0.3) is 0 Å². The Balaban J connectivity index is 2.01. The van der Waals surface area contributed by atoms with Gasteiger partial charge in [0.25, 0.3) is 0 Å². The number of hydrogen-bond donors (Lipinski definition) is 1. The highest BCUT2D eigenvalue weighted by Gasteiger charge is 2.33. The van der Waals surface area contributed by atoms with Crippen molar-refractivity contribution in [3.8, 4) is 0 Å². The maximum Gasteiger partial charge on any atom is 0.222 e. The Morgan fingerprint density at radius 1 is 1.23 bits per heavy atom. The van der Waals surface area contributed by atoms with Crippen molar-refractivity contribution in [2.24, 2.45) is 5.73 Å². The van der Waals surface area contributed by atoms with Gasteiger partial charge in [-0.1, -0.05) is 0 Å². The molecule has 0 aromatic carbocycles. The molecule has 1 saturated heterocycles.